The van der Waals surface area contributed by atoms with Crippen molar-refractivity contribution in [3.8, 4) is 0 Å². The van der Waals surface area contributed by atoms with Crippen molar-refractivity contribution in [1.82, 2.24) is 4.90 Å². The molecule has 2 rings (SSSR count). The minimum absolute atomic E-state index is 0.164. The van der Waals surface area contributed by atoms with Gasteiger partial charge < -0.3 is 5.73 Å². The van der Waals surface area contributed by atoms with Gasteiger partial charge in [-0.1, -0.05) is 12.1 Å². The third-order valence-electron chi connectivity index (χ3n) is 3.48. The van der Waals surface area contributed by atoms with Gasteiger partial charge in [-0.25, -0.2) is 8.78 Å². The van der Waals surface area contributed by atoms with E-state index in [9.17, 15) is 8.78 Å². The molecular formula is C13H18F2N2. The first-order valence-electron chi connectivity index (χ1n) is 5.98. The second-order valence-corrected chi connectivity index (χ2v) is 4.86. The van der Waals surface area contributed by atoms with Gasteiger partial charge in [0.15, 0.2) is 11.6 Å². The molecule has 2 unspecified atom stereocenters. The van der Waals surface area contributed by atoms with Crippen LogP contribution < -0.4 is 5.73 Å². The average Bonchev–Trinajstić information content (AvgIpc) is 2.73. The summed E-state index contributed by atoms with van der Waals surface area (Å²) in [5.41, 5.74) is 6.27. The Bertz CT molecular complexity index is 393. The van der Waals surface area contributed by atoms with Crippen molar-refractivity contribution in [2.75, 3.05) is 13.1 Å². The van der Waals surface area contributed by atoms with Crippen molar-refractivity contribution in [1.29, 1.82) is 0 Å². The molecule has 1 aliphatic heterocycles. The van der Waals surface area contributed by atoms with E-state index in [0.717, 1.165) is 25.6 Å². The Kier molecular flexibility index (Phi) is 3.74. The Morgan fingerprint density at radius 1 is 1.47 bits per heavy atom. The van der Waals surface area contributed by atoms with Crippen LogP contribution in [0.25, 0.3) is 0 Å². The van der Waals surface area contributed by atoms with E-state index in [4.69, 9.17) is 5.73 Å². The van der Waals surface area contributed by atoms with Crippen molar-refractivity contribution in [2.24, 2.45) is 11.7 Å². The molecule has 0 aliphatic carbocycles. The summed E-state index contributed by atoms with van der Waals surface area (Å²) in [4.78, 5) is 2.13. The lowest BCUT2D eigenvalue weighted by atomic mass is 10.0. The van der Waals surface area contributed by atoms with E-state index < -0.39 is 11.6 Å². The lowest BCUT2D eigenvalue weighted by molar-refractivity contribution is 0.302. The molecular weight excluding hydrogens is 222 g/mol. The molecule has 1 aromatic carbocycles. The van der Waals surface area contributed by atoms with Gasteiger partial charge in [0.2, 0.25) is 0 Å². The topological polar surface area (TPSA) is 29.3 Å². The summed E-state index contributed by atoms with van der Waals surface area (Å²) in [6.45, 7) is 4.24. The third-order valence-corrected chi connectivity index (χ3v) is 3.48. The van der Waals surface area contributed by atoms with Crippen LogP contribution in [0, 0.1) is 17.6 Å². The molecule has 1 saturated heterocycles. The van der Waals surface area contributed by atoms with Crippen LogP contribution in [0.3, 0.4) is 0 Å². The zero-order valence-corrected chi connectivity index (χ0v) is 10.00. The predicted octanol–water partition coefficient (Wildman–Crippen LogP) is 2.13. The van der Waals surface area contributed by atoms with Gasteiger partial charge in [0.1, 0.15) is 0 Å². The molecule has 0 bridgehead atoms. The molecule has 1 heterocycles. The van der Waals surface area contributed by atoms with Crippen molar-refractivity contribution in [3.63, 3.8) is 0 Å². The maximum atomic E-state index is 13.5. The van der Waals surface area contributed by atoms with E-state index in [1.807, 2.05) is 6.92 Å². The highest BCUT2D eigenvalue weighted by Gasteiger charge is 2.25. The van der Waals surface area contributed by atoms with E-state index in [-0.39, 0.29) is 6.04 Å². The number of likely N-dealkylation sites (tertiary alicyclic amines) is 1. The molecule has 0 spiro atoms. The predicted molar refractivity (Wildman–Crippen MR) is 63.4 cm³/mol. The Labute approximate surface area is 100 Å². The highest BCUT2D eigenvalue weighted by atomic mass is 19.2. The Morgan fingerprint density at radius 2 is 2.24 bits per heavy atom. The number of nitrogens with two attached hydrogens (primary N) is 1. The summed E-state index contributed by atoms with van der Waals surface area (Å²) in [7, 11) is 0. The maximum absolute atomic E-state index is 13.5. The van der Waals surface area contributed by atoms with E-state index >= 15 is 0 Å². The van der Waals surface area contributed by atoms with Crippen molar-refractivity contribution in [2.45, 2.75) is 25.9 Å². The van der Waals surface area contributed by atoms with Gasteiger partial charge in [0.25, 0.3) is 0 Å². The molecule has 2 nitrogen and oxygen atoms in total. The molecule has 0 saturated carbocycles. The fourth-order valence-corrected chi connectivity index (χ4v) is 2.35. The van der Waals surface area contributed by atoms with Gasteiger partial charge in [-0.15, -0.1) is 0 Å². The molecule has 17 heavy (non-hydrogen) atoms. The Balaban J connectivity index is 2.00. The summed E-state index contributed by atoms with van der Waals surface area (Å²) in [6, 6.07) is 4.50. The number of rotatable bonds is 3. The van der Waals surface area contributed by atoms with Crippen LogP contribution in [0.5, 0.6) is 0 Å². The molecule has 1 fully saturated rings. The minimum atomic E-state index is -0.773. The average molecular weight is 240 g/mol. The van der Waals surface area contributed by atoms with Crippen molar-refractivity contribution in [3.05, 3.63) is 35.4 Å². The monoisotopic (exact) mass is 240 g/mol. The van der Waals surface area contributed by atoms with Crippen molar-refractivity contribution >= 4 is 0 Å². The normalized spacial score (nSPS) is 22.9. The first kappa shape index (κ1) is 12.5. The van der Waals surface area contributed by atoms with E-state index in [1.54, 1.807) is 12.1 Å². The van der Waals surface area contributed by atoms with Gasteiger partial charge in [0.05, 0.1) is 0 Å². The second-order valence-electron chi connectivity index (χ2n) is 4.86. The van der Waals surface area contributed by atoms with Crippen LogP contribution >= 0.6 is 0 Å². The zero-order chi connectivity index (χ0) is 12.4. The van der Waals surface area contributed by atoms with Crippen LogP contribution in [-0.4, -0.2) is 24.0 Å². The summed E-state index contributed by atoms with van der Waals surface area (Å²) >= 11 is 0. The summed E-state index contributed by atoms with van der Waals surface area (Å²) in [6.07, 6.45) is 1.04. The fourth-order valence-electron chi connectivity index (χ4n) is 2.35. The van der Waals surface area contributed by atoms with E-state index in [2.05, 4.69) is 4.90 Å². The summed E-state index contributed by atoms with van der Waals surface area (Å²) in [5.74, 6) is -1.03. The van der Waals surface area contributed by atoms with Crippen LogP contribution in [0.1, 0.15) is 18.9 Å². The maximum Gasteiger partial charge on any atom is 0.163 e. The lowest BCUT2D eigenvalue weighted by Crippen LogP contribution is -2.29. The van der Waals surface area contributed by atoms with Gasteiger partial charge in [-0.3, -0.25) is 4.90 Å². The quantitative estimate of drug-likeness (QED) is 0.877. The molecule has 4 heteroatoms. The highest BCUT2D eigenvalue weighted by Crippen LogP contribution is 2.22. The second kappa shape index (κ2) is 5.10. The Hall–Kier alpha value is -1.00. The highest BCUT2D eigenvalue weighted by molar-refractivity contribution is 5.19. The van der Waals surface area contributed by atoms with Gasteiger partial charge >= 0.3 is 0 Å². The largest absolute Gasteiger partial charge is 0.328 e. The van der Waals surface area contributed by atoms with Crippen LogP contribution in [-0.2, 0) is 6.54 Å². The lowest BCUT2D eigenvalue weighted by Gasteiger charge is -2.18. The minimum Gasteiger partial charge on any atom is -0.328 e. The number of hydrogen-bond acceptors (Lipinski definition) is 2. The molecule has 0 radical (unpaired) electrons. The number of nitrogens with zero attached hydrogens (tertiary/aromatic N) is 1. The summed E-state index contributed by atoms with van der Waals surface area (Å²) in [5, 5.41) is 0. The van der Waals surface area contributed by atoms with Gasteiger partial charge in [-0.2, -0.15) is 0 Å². The van der Waals surface area contributed by atoms with E-state index in [1.165, 1.54) is 0 Å². The number of halogens is 2. The number of hydrogen-bond donors (Lipinski definition) is 1. The third kappa shape index (κ3) is 2.82. The fraction of sp³-hybridized carbons (Fsp3) is 0.538. The smallest absolute Gasteiger partial charge is 0.163 e. The molecule has 2 atom stereocenters. The van der Waals surface area contributed by atoms with Crippen LogP contribution in [0.2, 0.25) is 0 Å². The molecule has 94 valence electrons. The molecule has 1 aromatic rings. The zero-order valence-electron chi connectivity index (χ0n) is 10.00. The van der Waals surface area contributed by atoms with Gasteiger partial charge in [0, 0.05) is 24.7 Å². The SMILES string of the molecule is CC(N)C1CCN(Cc2cccc(F)c2F)C1. The standard InChI is InChI=1S/C13H18F2N2/c1-9(16)10-5-6-17(7-10)8-11-3-2-4-12(14)13(11)15/h2-4,9-10H,5-8,16H2,1H3. The first-order chi connectivity index (χ1) is 8.08. The molecule has 1 aliphatic rings. The number of benzene rings is 1. The summed E-state index contributed by atoms with van der Waals surface area (Å²) < 4.78 is 26.5. The Morgan fingerprint density at radius 3 is 2.88 bits per heavy atom. The first-order valence-corrected chi connectivity index (χ1v) is 5.98. The molecule has 0 aromatic heterocycles. The van der Waals surface area contributed by atoms with E-state index in [0.29, 0.717) is 18.0 Å². The van der Waals surface area contributed by atoms with Crippen LogP contribution in [0.15, 0.2) is 18.2 Å². The van der Waals surface area contributed by atoms with Crippen LogP contribution in [0.4, 0.5) is 8.78 Å². The molecule has 0 amide bonds. The van der Waals surface area contributed by atoms with Gasteiger partial charge in [-0.05, 0) is 31.9 Å². The molecule has 2 N–H and O–H groups in total. The van der Waals surface area contributed by atoms with Crippen molar-refractivity contribution < 1.29 is 8.78 Å².